The number of nitrogens with one attached hydrogen (secondary N) is 1. The van der Waals surface area contributed by atoms with E-state index in [1.807, 2.05) is 0 Å². The van der Waals surface area contributed by atoms with Gasteiger partial charge in [0.15, 0.2) is 0 Å². The second kappa shape index (κ2) is 5.75. The Balaban J connectivity index is 2.65. The van der Waals surface area contributed by atoms with E-state index in [4.69, 9.17) is 10.8 Å². The lowest BCUT2D eigenvalue weighted by Gasteiger charge is -2.18. The van der Waals surface area contributed by atoms with E-state index in [2.05, 4.69) is 14.9 Å². The molecule has 17 heavy (non-hydrogen) atoms. The standard InChI is InChI=1S/C7H9N5O4S/c8-4(13)2-12(3-6(14)15)7(16)10-5-1-9-11-17-5/h1H,2-3H2,(H2,8,13)(H,10,16)(H,14,15). The molecule has 3 amide bonds. The van der Waals surface area contributed by atoms with Crippen molar-refractivity contribution in [3.63, 3.8) is 0 Å². The van der Waals surface area contributed by atoms with Crippen molar-refractivity contribution in [1.29, 1.82) is 0 Å². The number of carbonyl (C=O) groups is 3. The van der Waals surface area contributed by atoms with Gasteiger partial charge >= 0.3 is 12.0 Å². The number of hydrogen-bond acceptors (Lipinski definition) is 6. The van der Waals surface area contributed by atoms with Gasteiger partial charge in [-0.15, -0.1) is 5.10 Å². The summed E-state index contributed by atoms with van der Waals surface area (Å²) in [6.45, 7) is -1.11. The van der Waals surface area contributed by atoms with Gasteiger partial charge in [0.05, 0.1) is 6.20 Å². The fraction of sp³-hybridized carbons (Fsp3) is 0.286. The minimum Gasteiger partial charge on any atom is -0.480 e. The summed E-state index contributed by atoms with van der Waals surface area (Å²) in [7, 11) is 0. The van der Waals surface area contributed by atoms with Gasteiger partial charge in [-0.2, -0.15) is 0 Å². The number of carboxylic acid groups (broad SMARTS) is 1. The highest BCUT2D eigenvalue weighted by atomic mass is 32.1. The van der Waals surface area contributed by atoms with E-state index < -0.39 is 31.0 Å². The van der Waals surface area contributed by atoms with Crippen LogP contribution in [0, 0.1) is 0 Å². The zero-order chi connectivity index (χ0) is 12.8. The van der Waals surface area contributed by atoms with Gasteiger partial charge in [-0.25, -0.2) is 4.79 Å². The molecule has 0 bridgehead atoms. The lowest BCUT2D eigenvalue weighted by atomic mass is 10.4. The zero-order valence-corrected chi connectivity index (χ0v) is 9.31. The highest BCUT2D eigenvalue weighted by Crippen LogP contribution is 2.09. The van der Waals surface area contributed by atoms with Gasteiger partial charge in [0.1, 0.15) is 18.1 Å². The quantitative estimate of drug-likeness (QED) is 0.616. The largest absolute Gasteiger partial charge is 0.480 e. The second-order valence-electron chi connectivity index (χ2n) is 2.93. The van der Waals surface area contributed by atoms with Gasteiger partial charge in [-0.3, -0.25) is 14.9 Å². The van der Waals surface area contributed by atoms with Crippen molar-refractivity contribution in [2.75, 3.05) is 18.4 Å². The van der Waals surface area contributed by atoms with Crippen molar-refractivity contribution in [3.05, 3.63) is 6.20 Å². The van der Waals surface area contributed by atoms with Crippen LogP contribution in [-0.2, 0) is 9.59 Å². The van der Waals surface area contributed by atoms with E-state index in [1.165, 1.54) is 6.20 Å². The molecule has 92 valence electrons. The molecule has 0 aliphatic rings. The molecule has 1 aromatic rings. The molecule has 1 aromatic heterocycles. The molecule has 1 heterocycles. The molecule has 0 unspecified atom stereocenters. The fourth-order valence-electron chi connectivity index (χ4n) is 0.958. The molecule has 0 aromatic carbocycles. The molecule has 0 aliphatic heterocycles. The van der Waals surface area contributed by atoms with Crippen LogP contribution in [0.5, 0.6) is 0 Å². The van der Waals surface area contributed by atoms with E-state index in [0.29, 0.717) is 5.00 Å². The van der Waals surface area contributed by atoms with Crippen LogP contribution in [0.15, 0.2) is 6.20 Å². The maximum absolute atomic E-state index is 11.6. The summed E-state index contributed by atoms with van der Waals surface area (Å²) >= 11 is 0.923. The van der Waals surface area contributed by atoms with Crippen LogP contribution in [-0.4, -0.2) is 50.6 Å². The molecule has 0 aliphatic carbocycles. The lowest BCUT2D eigenvalue weighted by Crippen LogP contribution is -2.43. The Bertz CT molecular complexity index is 404. The molecule has 4 N–H and O–H groups in total. The molecule has 9 nitrogen and oxygen atoms in total. The molecule has 0 atom stereocenters. The molecule has 0 fully saturated rings. The third-order valence-electron chi connectivity index (χ3n) is 1.55. The van der Waals surface area contributed by atoms with Crippen LogP contribution in [0.3, 0.4) is 0 Å². The summed E-state index contributed by atoms with van der Waals surface area (Å²) in [6, 6.07) is -0.753. The Labute approximate surface area is 99.4 Å². The highest BCUT2D eigenvalue weighted by molar-refractivity contribution is 7.10. The Morgan fingerprint density at radius 1 is 1.47 bits per heavy atom. The molecule has 10 heteroatoms. The number of amides is 3. The number of urea groups is 1. The van der Waals surface area contributed by atoms with Crippen LogP contribution in [0.1, 0.15) is 0 Å². The summed E-state index contributed by atoms with van der Waals surface area (Å²) in [5.74, 6) is -2.05. The first-order chi connectivity index (χ1) is 7.99. The van der Waals surface area contributed by atoms with Crippen molar-refractivity contribution in [2.24, 2.45) is 5.73 Å². The van der Waals surface area contributed by atoms with Crippen LogP contribution in [0.25, 0.3) is 0 Å². The minimum atomic E-state index is -1.25. The highest BCUT2D eigenvalue weighted by Gasteiger charge is 2.19. The lowest BCUT2D eigenvalue weighted by molar-refractivity contribution is -0.137. The summed E-state index contributed by atoms with van der Waals surface area (Å²) < 4.78 is 3.51. The van der Waals surface area contributed by atoms with Crippen molar-refractivity contribution in [1.82, 2.24) is 14.5 Å². The first kappa shape index (κ1) is 12.8. The number of aliphatic carboxylic acids is 1. The Morgan fingerprint density at radius 2 is 2.18 bits per heavy atom. The van der Waals surface area contributed by atoms with Gasteiger partial charge in [-0.05, 0) is 0 Å². The molecule has 0 saturated heterocycles. The van der Waals surface area contributed by atoms with Crippen LogP contribution < -0.4 is 11.1 Å². The maximum Gasteiger partial charge on any atom is 0.323 e. The number of carboxylic acids is 1. The normalized spacial score (nSPS) is 9.65. The predicted molar refractivity (Wildman–Crippen MR) is 57.3 cm³/mol. The van der Waals surface area contributed by atoms with E-state index in [0.717, 1.165) is 16.4 Å². The maximum atomic E-state index is 11.6. The summed E-state index contributed by atoms with van der Waals surface area (Å²) in [5, 5.41) is 14.7. The van der Waals surface area contributed by atoms with Gasteiger partial charge in [0.25, 0.3) is 0 Å². The first-order valence-corrected chi connectivity index (χ1v) is 5.09. The molecular formula is C7H9N5O4S. The SMILES string of the molecule is NC(=O)CN(CC(=O)O)C(=O)Nc1cnns1. The topological polar surface area (TPSA) is 139 Å². The van der Waals surface area contributed by atoms with Gasteiger partial charge < -0.3 is 15.7 Å². The average molecular weight is 259 g/mol. The number of aromatic nitrogens is 2. The summed E-state index contributed by atoms with van der Waals surface area (Å²) in [4.78, 5) is 33.5. The van der Waals surface area contributed by atoms with Crippen LogP contribution >= 0.6 is 11.5 Å². The van der Waals surface area contributed by atoms with Crippen molar-refractivity contribution >= 4 is 34.4 Å². The molecule has 0 saturated carbocycles. The van der Waals surface area contributed by atoms with Gasteiger partial charge in [0.2, 0.25) is 5.91 Å². The van der Waals surface area contributed by atoms with Crippen LogP contribution in [0.4, 0.5) is 9.80 Å². The summed E-state index contributed by atoms with van der Waals surface area (Å²) in [5.41, 5.74) is 4.90. The molecule has 0 spiro atoms. The number of hydrogen-bond donors (Lipinski definition) is 3. The Kier molecular flexibility index (Phi) is 4.34. The van der Waals surface area contributed by atoms with E-state index in [9.17, 15) is 14.4 Å². The minimum absolute atomic E-state index is 0.342. The molecular weight excluding hydrogens is 250 g/mol. The van der Waals surface area contributed by atoms with Crippen molar-refractivity contribution in [2.45, 2.75) is 0 Å². The average Bonchev–Trinajstić information content (AvgIpc) is 2.67. The zero-order valence-electron chi connectivity index (χ0n) is 8.49. The Hall–Kier alpha value is -2.23. The number of primary amides is 1. The summed E-state index contributed by atoms with van der Waals surface area (Å²) in [6.07, 6.45) is 1.30. The second-order valence-corrected chi connectivity index (χ2v) is 3.71. The number of nitrogens with zero attached hydrogens (tertiary/aromatic N) is 3. The third-order valence-corrected chi connectivity index (χ3v) is 2.13. The van der Waals surface area contributed by atoms with E-state index >= 15 is 0 Å². The van der Waals surface area contributed by atoms with Crippen LogP contribution in [0.2, 0.25) is 0 Å². The number of carbonyl (C=O) groups excluding carboxylic acids is 2. The predicted octanol–water partition coefficient (Wildman–Crippen LogP) is -1.06. The third kappa shape index (κ3) is 4.42. The number of anilines is 1. The van der Waals surface area contributed by atoms with Gasteiger partial charge in [-0.1, -0.05) is 4.49 Å². The van der Waals surface area contributed by atoms with Gasteiger partial charge in [0, 0.05) is 11.5 Å². The smallest absolute Gasteiger partial charge is 0.323 e. The van der Waals surface area contributed by atoms with E-state index in [1.54, 1.807) is 0 Å². The number of nitrogens with two attached hydrogens (primary N) is 1. The monoisotopic (exact) mass is 259 g/mol. The van der Waals surface area contributed by atoms with Crippen molar-refractivity contribution < 1.29 is 19.5 Å². The van der Waals surface area contributed by atoms with Crippen molar-refractivity contribution in [3.8, 4) is 0 Å². The molecule has 1 rings (SSSR count). The Morgan fingerprint density at radius 3 is 2.65 bits per heavy atom. The molecule has 0 radical (unpaired) electrons. The first-order valence-electron chi connectivity index (χ1n) is 4.32. The number of rotatable bonds is 5. The van der Waals surface area contributed by atoms with E-state index in [-0.39, 0.29) is 0 Å². The fourth-order valence-corrected chi connectivity index (χ4v) is 1.37.